The summed E-state index contributed by atoms with van der Waals surface area (Å²) in [4.78, 5) is 10.8. The first-order chi connectivity index (χ1) is 6.06. The van der Waals surface area contributed by atoms with Crippen LogP contribution in [0, 0.1) is 13.8 Å². The Balaban J connectivity index is 3.30. The number of rotatable bonds is 2. The molecular formula is C11H14O2. The van der Waals surface area contributed by atoms with Crippen molar-refractivity contribution in [2.24, 2.45) is 0 Å². The highest BCUT2D eigenvalue weighted by Gasteiger charge is 2.08. The summed E-state index contributed by atoms with van der Waals surface area (Å²) in [7, 11) is 0. The highest BCUT2D eigenvalue weighted by molar-refractivity contribution is 5.89. The first-order valence-electron chi connectivity index (χ1n) is 4.39. The molecule has 0 aliphatic rings. The van der Waals surface area contributed by atoms with Gasteiger partial charge in [-0.2, -0.15) is 0 Å². The minimum Gasteiger partial charge on any atom is -0.478 e. The minimum absolute atomic E-state index is 0.419. The third-order valence-electron chi connectivity index (χ3n) is 2.29. The maximum Gasteiger partial charge on any atom is 0.335 e. The quantitative estimate of drug-likeness (QED) is 0.755. The summed E-state index contributed by atoms with van der Waals surface area (Å²) < 4.78 is 0. The molecule has 2 nitrogen and oxygen atoms in total. The second-order valence-corrected chi connectivity index (χ2v) is 3.25. The van der Waals surface area contributed by atoms with E-state index in [2.05, 4.69) is 0 Å². The molecule has 1 rings (SSSR count). The molecular weight excluding hydrogens is 164 g/mol. The van der Waals surface area contributed by atoms with E-state index in [1.165, 1.54) is 5.56 Å². The molecule has 0 radical (unpaired) electrons. The Labute approximate surface area is 78.2 Å². The van der Waals surface area contributed by atoms with Crippen LogP contribution in [0.25, 0.3) is 0 Å². The zero-order valence-corrected chi connectivity index (χ0v) is 8.22. The maximum absolute atomic E-state index is 10.8. The van der Waals surface area contributed by atoms with Gasteiger partial charge in [-0.25, -0.2) is 4.79 Å². The van der Waals surface area contributed by atoms with Crippen molar-refractivity contribution in [1.29, 1.82) is 0 Å². The molecule has 0 saturated carbocycles. The van der Waals surface area contributed by atoms with Crippen molar-refractivity contribution in [3.05, 3.63) is 34.4 Å². The number of hydrogen-bond donors (Lipinski definition) is 1. The predicted molar refractivity (Wildman–Crippen MR) is 52.3 cm³/mol. The monoisotopic (exact) mass is 178 g/mol. The third-order valence-corrected chi connectivity index (χ3v) is 2.29. The molecule has 0 aliphatic carbocycles. The topological polar surface area (TPSA) is 37.3 Å². The number of aromatic carboxylic acids is 1. The molecule has 0 aromatic heterocycles. The molecule has 0 spiro atoms. The average Bonchev–Trinajstić information content (AvgIpc) is 2.03. The molecule has 70 valence electrons. The first-order valence-corrected chi connectivity index (χ1v) is 4.39. The Kier molecular flexibility index (Phi) is 2.71. The second-order valence-electron chi connectivity index (χ2n) is 3.25. The average molecular weight is 178 g/mol. The van der Waals surface area contributed by atoms with Gasteiger partial charge in [-0.05, 0) is 43.0 Å². The van der Waals surface area contributed by atoms with Crippen LogP contribution in [0.4, 0.5) is 0 Å². The van der Waals surface area contributed by atoms with E-state index in [9.17, 15) is 4.79 Å². The Morgan fingerprint density at radius 1 is 1.31 bits per heavy atom. The number of carboxylic acids is 1. The molecule has 0 bridgehead atoms. The van der Waals surface area contributed by atoms with Crippen LogP contribution >= 0.6 is 0 Å². The summed E-state index contributed by atoms with van der Waals surface area (Å²) in [6.07, 6.45) is 0.881. The Bertz CT molecular complexity index is 340. The van der Waals surface area contributed by atoms with Gasteiger partial charge in [0.25, 0.3) is 0 Å². The smallest absolute Gasteiger partial charge is 0.335 e. The van der Waals surface area contributed by atoms with Crippen molar-refractivity contribution in [2.45, 2.75) is 27.2 Å². The van der Waals surface area contributed by atoms with E-state index in [1.807, 2.05) is 26.8 Å². The lowest BCUT2D eigenvalue weighted by molar-refractivity contribution is 0.0696. The van der Waals surface area contributed by atoms with Gasteiger partial charge in [0.1, 0.15) is 0 Å². The van der Waals surface area contributed by atoms with E-state index in [1.54, 1.807) is 6.07 Å². The molecule has 1 N–H and O–H groups in total. The zero-order chi connectivity index (χ0) is 10.0. The van der Waals surface area contributed by atoms with Crippen molar-refractivity contribution in [3.63, 3.8) is 0 Å². The van der Waals surface area contributed by atoms with E-state index < -0.39 is 5.97 Å². The fraction of sp³-hybridized carbons (Fsp3) is 0.364. The number of carbonyl (C=O) groups is 1. The predicted octanol–water partition coefficient (Wildman–Crippen LogP) is 2.56. The van der Waals surface area contributed by atoms with Crippen LogP contribution in [0.2, 0.25) is 0 Å². The van der Waals surface area contributed by atoms with E-state index in [4.69, 9.17) is 5.11 Å². The fourth-order valence-corrected chi connectivity index (χ4v) is 1.51. The lowest BCUT2D eigenvalue weighted by atomic mass is 9.98. The molecule has 0 aliphatic heterocycles. The van der Waals surface area contributed by atoms with Crippen molar-refractivity contribution in [2.75, 3.05) is 0 Å². The van der Waals surface area contributed by atoms with Gasteiger partial charge in [-0.15, -0.1) is 0 Å². The summed E-state index contributed by atoms with van der Waals surface area (Å²) >= 11 is 0. The van der Waals surface area contributed by atoms with Crippen molar-refractivity contribution in [1.82, 2.24) is 0 Å². The van der Waals surface area contributed by atoms with Crippen LogP contribution < -0.4 is 0 Å². The molecule has 0 unspecified atom stereocenters. The summed E-state index contributed by atoms with van der Waals surface area (Å²) in [5.41, 5.74) is 3.54. The molecule has 0 amide bonds. The van der Waals surface area contributed by atoms with Gasteiger partial charge >= 0.3 is 5.97 Å². The van der Waals surface area contributed by atoms with Crippen molar-refractivity contribution < 1.29 is 9.90 Å². The van der Waals surface area contributed by atoms with Crippen LogP contribution in [0.5, 0.6) is 0 Å². The van der Waals surface area contributed by atoms with Crippen molar-refractivity contribution >= 4 is 5.97 Å². The van der Waals surface area contributed by atoms with E-state index in [0.717, 1.165) is 17.5 Å². The standard InChI is InChI=1S/C11H14O2/c1-4-9-6-10(11(12)13)8(3)5-7(9)2/h5-6H,4H2,1-3H3,(H,12,13). The molecule has 13 heavy (non-hydrogen) atoms. The highest BCUT2D eigenvalue weighted by atomic mass is 16.4. The largest absolute Gasteiger partial charge is 0.478 e. The Hall–Kier alpha value is -1.31. The van der Waals surface area contributed by atoms with Gasteiger partial charge in [0.05, 0.1) is 5.56 Å². The molecule has 0 saturated heterocycles. The third kappa shape index (κ3) is 1.89. The normalized spacial score (nSPS) is 10.1. The maximum atomic E-state index is 10.8. The number of carboxylic acid groups (broad SMARTS) is 1. The number of aryl methyl sites for hydroxylation is 3. The zero-order valence-electron chi connectivity index (χ0n) is 8.22. The molecule has 0 heterocycles. The number of benzene rings is 1. The van der Waals surface area contributed by atoms with E-state index in [0.29, 0.717) is 5.56 Å². The van der Waals surface area contributed by atoms with Crippen LogP contribution in [-0.4, -0.2) is 11.1 Å². The van der Waals surface area contributed by atoms with Gasteiger partial charge in [0, 0.05) is 0 Å². The van der Waals surface area contributed by atoms with Gasteiger partial charge in [0.2, 0.25) is 0 Å². The summed E-state index contributed by atoms with van der Waals surface area (Å²) in [5.74, 6) is -0.841. The first kappa shape index (κ1) is 9.78. The summed E-state index contributed by atoms with van der Waals surface area (Å²) in [5, 5.41) is 8.88. The van der Waals surface area contributed by atoms with Crippen LogP contribution in [-0.2, 0) is 6.42 Å². The summed E-state index contributed by atoms with van der Waals surface area (Å²) in [6, 6.07) is 3.70. The van der Waals surface area contributed by atoms with Crippen LogP contribution in [0.3, 0.4) is 0 Å². The van der Waals surface area contributed by atoms with Gasteiger partial charge in [-0.1, -0.05) is 13.0 Å². The van der Waals surface area contributed by atoms with Crippen LogP contribution in [0.1, 0.15) is 34.0 Å². The minimum atomic E-state index is -0.841. The Morgan fingerprint density at radius 3 is 2.38 bits per heavy atom. The van der Waals surface area contributed by atoms with Crippen molar-refractivity contribution in [3.8, 4) is 0 Å². The van der Waals surface area contributed by atoms with Crippen LogP contribution in [0.15, 0.2) is 12.1 Å². The van der Waals surface area contributed by atoms with E-state index in [-0.39, 0.29) is 0 Å². The number of hydrogen-bond acceptors (Lipinski definition) is 1. The molecule has 0 atom stereocenters. The van der Waals surface area contributed by atoms with Gasteiger partial charge in [0.15, 0.2) is 0 Å². The molecule has 2 heteroatoms. The molecule has 1 aromatic carbocycles. The highest BCUT2D eigenvalue weighted by Crippen LogP contribution is 2.16. The van der Waals surface area contributed by atoms with E-state index >= 15 is 0 Å². The lowest BCUT2D eigenvalue weighted by Crippen LogP contribution is -2.02. The summed E-state index contributed by atoms with van der Waals surface area (Å²) in [6.45, 7) is 5.87. The fourth-order valence-electron chi connectivity index (χ4n) is 1.51. The second kappa shape index (κ2) is 3.60. The lowest BCUT2D eigenvalue weighted by Gasteiger charge is -2.07. The van der Waals surface area contributed by atoms with Gasteiger partial charge in [-0.3, -0.25) is 0 Å². The van der Waals surface area contributed by atoms with Gasteiger partial charge < -0.3 is 5.11 Å². The molecule has 1 aromatic rings. The SMILES string of the molecule is CCc1cc(C(=O)O)c(C)cc1C. The Morgan fingerprint density at radius 2 is 1.92 bits per heavy atom. The molecule has 0 fully saturated rings.